The van der Waals surface area contributed by atoms with Gasteiger partial charge in [-0.25, -0.2) is 14.8 Å². The number of anilines is 1. The van der Waals surface area contributed by atoms with Crippen molar-refractivity contribution < 1.29 is 14.3 Å². The molecule has 0 spiro atoms. The number of carbonyl (C=O) groups is 1. The molecule has 1 aromatic rings. The lowest BCUT2D eigenvalue weighted by Crippen LogP contribution is -2.46. The van der Waals surface area contributed by atoms with Gasteiger partial charge in [0.1, 0.15) is 5.82 Å². The van der Waals surface area contributed by atoms with E-state index in [9.17, 15) is 4.79 Å². The first kappa shape index (κ1) is 13.7. The maximum Gasteiger partial charge on any atom is 0.376 e. The second-order valence-electron chi connectivity index (χ2n) is 4.23. The zero-order valence-corrected chi connectivity index (χ0v) is 11.1. The highest BCUT2D eigenvalue weighted by atomic mass is 16.5. The molecule has 2 heterocycles. The Morgan fingerprint density at radius 1 is 1.68 bits per heavy atom. The average Bonchev–Trinajstić information content (AvgIpc) is 2.47. The van der Waals surface area contributed by atoms with E-state index in [2.05, 4.69) is 24.9 Å². The van der Waals surface area contributed by atoms with Gasteiger partial charge in [-0.15, -0.1) is 0 Å². The largest absolute Gasteiger partial charge is 0.463 e. The topological polar surface area (TPSA) is 76.6 Å². The van der Waals surface area contributed by atoms with E-state index in [0.717, 1.165) is 25.5 Å². The number of hydrogen-bond donors (Lipinski definition) is 1. The summed E-state index contributed by atoms with van der Waals surface area (Å²) >= 11 is 0. The Morgan fingerprint density at radius 2 is 2.53 bits per heavy atom. The van der Waals surface area contributed by atoms with Crippen molar-refractivity contribution in [3.05, 3.63) is 18.1 Å². The van der Waals surface area contributed by atoms with E-state index in [4.69, 9.17) is 4.74 Å². The predicted molar refractivity (Wildman–Crippen MR) is 69.3 cm³/mol. The number of aromatic nitrogens is 2. The molecule has 7 heteroatoms. The van der Waals surface area contributed by atoms with Gasteiger partial charge >= 0.3 is 5.97 Å². The summed E-state index contributed by atoms with van der Waals surface area (Å²) < 4.78 is 10.3. The predicted octanol–water partition coefficient (Wildman–Crippen LogP) is -0.312. The number of carbonyl (C=O) groups excluding carboxylic acids is 1. The van der Waals surface area contributed by atoms with Gasteiger partial charge in [0, 0.05) is 25.8 Å². The van der Waals surface area contributed by atoms with Crippen molar-refractivity contribution in [2.75, 3.05) is 45.3 Å². The quantitative estimate of drug-likeness (QED) is 0.749. The molecule has 0 saturated carbocycles. The highest BCUT2D eigenvalue weighted by Crippen LogP contribution is 2.14. The normalized spacial score (nSPS) is 19.3. The fourth-order valence-electron chi connectivity index (χ4n) is 1.99. The Balaban J connectivity index is 2.10. The molecular weight excluding hydrogens is 248 g/mol. The van der Waals surface area contributed by atoms with E-state index in [1.807, 2.05) is 7.05 Å². The molecule has 1 aliphatic rings. The molecule has 0 bridgehead atoms. The molecule has 7 nitrogen and oxygen atoms in total. The van der Waals surface area contributed by atoms with Gasteiger partial charge in [0.15, 0.2) is 0 Å². The number of morpholine rings is 1. The zero-order valence-electron chi connectivity index (χ0n) is 11.1. The first-order valence-electron chi connectivity index (χ1n) is 6.17. The molecule has 1 atom stereocenters. The van der Waals surface area contributed by atoms with E-state index in [1.54, 1.807) is 12.3 Å². The third-order valence-electron chi connectivity index (χ3n) is 2.90. The molecule has 1 N–H and O–H groups in total. The SMILES string of the molecule is CNCC1CN(c2ccnc(C(=O)OC)n2)CCO1. The minimum absolute atomic E-state index is 0.0802. The van der Waals surface area contributed by atoms with E-state index in [-0.39, 0.29) is 11.9 Å². The summed E-state index contributed by atoms with van der Waals surface area (Å²) in [5.41, 5.74) is 0. The van der Waals surface area contributed by atoms with Crippen LogP contribution in [0, 0.1) is 0 Å². The van der Waals surface area contributed by atoms with Gasteiger partial charge in [-0.05, 0) is 13.1 Å². The lowest BCUT2D eigenvalue weighted by atomic mass is 10.2. The van der Waals surface area contributed by atoms with Crippen molar-refractivity contribution in [3.63, 3.8) is 0 Å². The van der Waals surface area contributed by atoms with E-state index >= 15 is 0 Å². The minimum Gasteiger partial charge on any atom is -0.463 e. The maximum atomic E-state index is 11.4. The summed E-state index contributed by atoms with van der Waals surface area (Å²) in [5, 5.41) is 3.09. The fraction of sp³-hybridized carbons (Fsp3) is 0.583. The van der Waals surface area contributed by atoms with Crippen molar-refractivity contribution >= 4 is 11.8 Å². The molecular formula is C12H18N4O3. The first-order chi connectivity index (χ1) is 9.24. The summed E-state index contributed by atoms with van der Waals surface area (Å²) in [4.78, 5) is 21.6. The second-order valence-corrected chi connectivity index (χ2v) is 4.23. The van der Waals surface area contributed by atoms with Crippen LogP contribution in [0.2, 0.25) is 0 Å². The van der Waals surface area contributed by atoms with Crippen LogP contribution in [-0.4, -0.2) is 62.4 Å². The monoisotopic (exact) mass is 266 g/mol. The average molecular weight is 266 g/mol. The number of rotatable bonds is 4. The number of methoxy groups -OCH3 is 1. The lowest BCUT2D eigenvalue weighted by molar-refractivity contribution is 0.0418. The van der Waals surface area contributed by atoms with Crippen LogP contribution in [0.5, 0.6) is 0 Å². The van der Waals surface area contributed by atoms with Gasteiger partial charge in [0.2, 0.25) is 5.82 Å². The van der Waals surface area contributed by atoms with Crippen LogP contribution >= 0.6 is 0 Å². The Hall–Kier alpha value is -1.73. The summed E-state index contributed by atoms with van der Waals surface area (Å²) in [5.74, 6) is 0.276. The van der Waals surface area contributed by atoms with Gasteiger partial charge in [-0.3, -0.25) is 0 Å². The van der Waals surface area contributed by atoms with Crippen LogP contribution in [0.4, 0.5) is 5.82 Å². The van der Waals surface area contributed by atoms with Gasteiger partial charge in [0.05, 0.1) is 19.8 Å². The van der Waals surface area contributed by atoms with Crippen LogP contribution in [0.25, 0.3) is 0 Å². The van der Waals surface area contributed by atoms with E-state index in [0.29, 0.717) is 6.61 Å². The van der Waals surface area contributed by atoms with Crippen molar-refractivity contribution in [1.82, 2.24) is 15.3 Å². The Labute approximate surface area is 111 Å². The standard InChI is InChI=1S/C12H18N4O3/c1-13-7-9-8-16(5-6-19-9)10-3-4-14-11(15-10)12(17)18-2/h3-4,9,13H,5-8H2,1-2H3. The molecule has 0 amide bonds. The molecule has 104 valence electrons. The maximum absolute atomic E-state index is 11.4. The first-order valence-corrected chi connectivity index (χ1v) is 6.17. The number of ether oxygens (including phenoxy) is 2. The third kappa shape index (κ3) is 3.39. The van der Waals surface area contributed by atoms with Crippen LogP contribution in [0.1, 0.15) is 10.6 Å². The van der Waals surface area contributed by atoms with Crippen molar-refractivity contribution in [2.24, 2.45) is 0 Å². The molecule has 1 saturated heterocycles. The lowest BCUT2D eigenvalue weighted by Gasteiger charge is -2.33. The van der Waals surface area contributed by atoms with Crippen LogP contribution < -0.4 is 10.2 Å². The number of hydrogen-bond acceptors (Lipinski definition) is 7. The van der Waals surface area contributed by atoms with Gasteiger partial charge in [0.25, 0.3) is 0 Å². The van der Waals surface area contributed by atoms with E-state index < -0.39 is 5.97 Å². The molecule has 0 aromatic carbocycles. The molecule has 19 heavy (non-hydrogen) atoms. The Morgan fingerprint density at radius 3 is 3.26 bits per heavy atom. The highest BCUT2D eigenvalue weighted by Gasteiger charge is 2.22. The van der Waals surface area contributed by atoms with Gasteiger partial charge in [-0.2, -0.15) is 0 Å². The summed E-state index contributed by atoms with van der Waals surface area (Å²) in [6, 6.07) is 1.79. The summed E-state index contributed by atoms with van der Waals surface area (Å²) in [7, 11) is 3.21. The van der Waals surface area contributed by atoms with Gasteiger partial charge in [-0.1, -0.05) is 0 Å². The molecule has 0 radical (unpaired) electrons. The van der Waals surface area contributed by atoms with E-state index in [1.165, 1.54) is 7.11 Å². The number of esters is 1. The third-order valence-corrected chi connectivity index (χ3v) is 2.90. The fourth-order valence-corrected chi connectivity index (χ4v) is 1.99. The smallest absolute Gasteiger partial charge is 0.376 e. The zero-order chi connectivity index (χ0) is 13.7. The Kier molecular flexibility index (Phi) is 4.64. The number of likely N-dealkylation sites (N-methyl/N-ethyl adjacent to an activating group) is 1. The van der Waals surface area contributed by atoms with Crippen molar-refractivity contribution in [1.29, 1.82) is 0 Å². The number of nitrogens with zero attached hydrogens (tertiary/aromatic N) is 3. The number of nitrogens with one attached hydrogen (secondary N) is 1. The van der Waals surface area contributed by atoms with Crippen molar-refractivity contribution in [2.45, 2.75) is 6.10 Å². The van der Waals surface area contributed by atoms with Crippen molar-refractivity contribution in [3.8, 4) is 0 Å². The minimum atomic E-state index is -0.526. The summed E-state index contributed by atoms with van der Waals surface area (Å²) in [6.07, 6.45) is 1.69. The van der Waals surface area contributed by atoms with Crippen LogP contribution in [0.3, 0.4) is 0 Å². The molecule has 2 rings (SSSR count). The molecule has 1 unspecified atom stereocenters. The van der Waals surface area contributed by atoms with Crippen LogP contribution in [-0.2, 0) is 9.47 Å². The molecule has 1 aliphatic heterocycles. The second kappa shape index (κ2) is 6.44. The van der Waals surface area contributed by atoms with Crippen LogP contribution in [0.15, 0.2) is 12.3 Å². The highest BCUT2D eigenvalue weighted by molar-refractivity contribution is 5.85. The van der Waals surface area contributed by atoms with Gasteiger partial charge < -0.3 is 19.7 Å². The Bertz CT molecular complexity index is 439. The molecule has 1 aromatic heterocycles. The summed E-state index contributed by atoms with van der Waals surface area (Å²) in [6.45, 7) is 2.91. The molecule has 1 fully saturated rings. The molecule has 0 aliphatic carbocycles.